The van der Waals surface area contributed by atoms with Crippen molar-refractivity contribution in [3.05, 3.63) is 34.2 Å². The Morgan fingerprint density at radius 2 is 2.00 bits per heavy atom. The number of pyridine rings is 1. The number of aryl methyl sites for hydroxylation is 1. The number of hydrogen-bond donors (Lipinski definition) is 0. The zero-order valence-electron chi connectivity index (χ0n) is 16.0. The van der Waals surface area contributed by atoms with Gasteiger partial charge >= 0.3 is 5.69 Å². The lowest BCUT2D eigenvalue weighted by Gasteiger charge is -2.33. The van der Waals surface area contributed by atoms with E-state index in [9.17, 15) is 9.59 Å². The minimum Gasteiger partial charge on any atom is -0.454 e. The summed E-state index contributed by atoms with van der Waals surface area (Å²) in [7, 11) is 0. The molecule has 0 bridgehead atoms. The first-order chi connectivity index (χ1) is 13.5. The van der Waals surface area contributed by atoms with Gasteiger partial charge in [0.25, 0.3) is 0 Å². The lowest BCUT2D eigenvalue weighted by molar-refractivity contribution is -0.135. The van der Waals surface area contributed by atoms with Gasteiger partial charge in [-0.1, -0.05) is 0 Å². The van der Waals surface area contributed by atoms with Crippen molar-refractivity contribution in [3.63, 3.8) is 0 Å². The minimum absolute atomic E-state index is 0.0453. The summed E-state index contributed by atoms with van der Waals surface area (Å²) in [6.45, 7) is 4.84. The van der Waals surface area contributed by atoms with E-state index in [0.29, 0.717) is 22.7 Å². The Morgan fingerprint density at radius 3 is 2.79 bits per heavy atom. The number of carbonyl (C=O) groups excluding carboxylic acids is 1. The van der Waals surface area contributed by atoms with Gasteiger partial charge in [-0.15, -0.1) is 5.10 Å². The number of ether oxygens (including phenoxy) is 2. The van der Waals surface area contributed by atoms with Crippen LogP contribution >= 0.6 is 0 Å². The molecule has 0 unspecified atom stereocenters. The molecule has 0 N–H and O–H groups in total. The molecule has 5 rings (SSSR count). The lowest BCUT2D eigenvalue weighted by atomic mass is 10.0. The van der Waals surface area contributed by atoms with Gasteiger partial charge in [0.2, 0.25) is 12.7 Å². The summed E-state index contributed by atoms with van der Waals surface area (Å²) >= 11 is 0. The monoisotopic (exact) mass is 382 g/mol. The van der Waals surface area contributed by atoms with Crippen LogP contribution in [0.4, 0.5) is 0 Å². The molecule has 146 valence electrons. The van der Waals surface area contributed by atoms with Gasteiger partial charge in [-0.25, -0.2) is 13.9 Å². The molecular formula is C20H22N4O4. The topological polar surface area (TPSA) is 78.1 Å². The van der Waals surface area contributed by atoms with Crippen LogP contribution in [-0.2, 0) is 11.3 Å². The molecule has 1 aromatic carbocycles. The van der Waals surface area contributed by atoms with E-state index in [1.54, 1.807) is 10.5 Å². The Labute approximate surface area is 161 Å². The molecule has 0 saturated carbocycles. The predicted molar refractivity (Wildman–Crippen MR) is 103 cm³/mol. The van der Waals surface area contributed by atoms with Gasteiger partial charge < -0.3 is 14.4 Å². The van der Waals surface area contributed by atoms with E-state index in [2.05, 4.69) is 12.0 Å². The summed E-state index contributed by atoms with van der Waals surface area (Å²) in [5, 5.41) is 5.33. The highest BCUT2D eigenvalue weighted by Crippen LogP contribution is 2.36. The Balaban J connectivity index is 1.60. The number of hydrogen-bond acceptors (Lipinski definition) is 5. The fraction of sp³-hybridized carbons (Fsp3) is 0.450. The van der Waals surface area contributed by atoms with Gasteiger partial charge in [-0.3, -0.25) is 4.79 Å². The molecule has 1 saturated heterocycles. The van der Waals surface area contributed by atoms with Crippen molar-refractivity contribution >= 4 is 22.5 Å². The van der Waals surface area contributed by atoms with Crippen LogP contribution in [-0.4, -0.2) is 44.4 Å². The van der Waals surface area contributed by atoms with Gasteiger partial charge in [-0.05, 0) is 50.8 Å². The standard InChI is InChI=1S/C20H22N4O4/c1-12-7-14-8-16-17(28-11-27-16)9-15(14)24-19(12)21-23(20(24)26)10-18(25)22-6-4-3-5-13(22)2/h7-9,13H,3-6,10-11H2,1-2H3/t13-/m0/s1. The quantitative estimate of drug-likeness (QED) is 0.678. The van der Waals surface area contributed by atoms with Crippen molar-refractivity contribution in [2.24, 2.45) is 0 Å². The summed E-state index contributed by atoms with van der Waals surface area (Å²) < 4.78 is 13.7. The molecule has 1 fully saturated rings. The molecule has 2 aromatic heterocycles. The lowest BCUT2D eigenvalue weighted by Crippen LogP contribution is -2.44. The molecule has 2 aliphatic heterocycles. The summed E-state index contributed by atoms with van der Waals surface area (Å²) in [6.07, 6.45) is 3.15. The van der Waals surface area contributed by atoms with E-state index >= 15 is 0 Å². The van der Waals surface area contributed by atoms with Crippen molar-refractivity contribution in [1.29, 1.82) is 0 Å². The van der Waals surface area contributed by atoms with Crippen LogP contribution < -0.4 is 15.2 Å². The number of fused-ring (bicyclic) bond motifs is 4. The van der Waals surface area contributed by atoms with E-state index in [-0.39, 0.29) is 31.0 Å². The Bertz CT molecular complexity index is 1160. The number of nitrogens with zero attached hydrogens (tertiary/aromatic N) is 4. The van der Waals surface area contributed by atoms with Gasteiger partial charge in [0, 0.05) is 24.0 Å². The maximum Gasteiger partial charge on any atom is 0.351 e. The van der Waals surface area contributed by atoms with Crippen LogP contribution in [0.1, 0.15) is 31.7 Å². The van der Waals surface area contributed by atoms with Crippen molar-refractivity contribution in [2.75, 3.05) is 13.3 Å². The zero-order chi connectivity index (χ0) is 19.4. The normalized spacial score (nSPS) is 18.9. The third-order valence-corrected chi connectivity index (χ3v) is 5.74. The molecule has 2 aliphatic rings. The van der Waals surface area contributed by atoms with Crippen LogP contribution in [0.3, 0.4) is 0 Å². The molecule has 3 aromatic rings. The Hall–Kier alpha value is -3.03. The molecular weight excluding hydrogens is 360 g/mol. The van der Waals surface area contributed by atoms with E-state index < -0.39 is 0 Å². The fourth-order valence-corrected chi connectivity index (χ4v) is 4.22. The summed E-state index contributed by atoms with van der Waals surface area (Å²) in [6, 6.07) is 5.84. The largest absolute Gasteiger partial charge is 0.454 e. The molecule has 4 heterocycles. The molecule has 28 heavy (non-hydrogen) atoms. The highest BCUT2D eigenvalue weighted by molar-refractivity contribution is 5.87. The first-order valence-corrected chi connectivity index (χ1v) is 9.65. The van der Waals surface area contributed by atoms with Crippen molar-refractivity contribution < 1.29 is 14.3 Å². The summed E-state index contributed by atoms with van der Waals surface area (Å²) in [4.78, 5) is 27.8. The van der Waals surface area contributed by atoms with E-state index in [0.717, 1.165) is 36.8 Å². The smallest absolute Gasteiger partial charge is 0.351 e. The number of amides is 1. The SMILES string of the molecule is Cc1cc2cc3c(cc2n2c(=O)n(CC(=O)N4CCCC[C@@H]4C)nc12)OCO3. The van der Waals surface area contributed by atoms with Crippen LogP contribution in [0.25, 0.3) is 16.6 Å². The predicted octanol–water partition coefficient (Wildman–Crippen LogP) is 2.09. The first-order valence-electron chi connectivity index (χ1n) is 9.65. The summed E-state index contributed by atoms with van der Waals surface area (Å²) in [5.41, 5.74) is 1.79. The van der Waals surface area contributed by atoms with Gasteiger partial charge in [-0.2, -0.15) is 0 Å². The average Bonchev–Trinajstić information content (AvgIpc) is 3.25. The van der Waals surface area contributed by atoms with Gasteiger partial charge in [0.05, 0.1) is 5.52 Å². The molecule has 1 atom stereocenters. The third kappa shape index (κ3) is 2.55. The average molecular weight is 382 g/mol. The second kappa shape index (κ2) is 6.25. The van der Waals surface area contributed by atoms with E-state index in [4.69, 9.17) is 9.47 Å². The second-order valence-corrected chi connectivity index (χ2v) is 7.62. The minimum atomic E-state index is -0.319. The first kappa shape index (κ1) is 17.1. The van der Waals surface area contributed by atoms with Crippen LogP contribution in [0.2, 0.25) is 0 Å². The number of aromatic nitrogens is 3. The molecule has 0 radical (unpaired) electrons. The van der Waals surface area contributed by atoms with Crippen LogP contribution in [0, 0.1) is 6.92 Å². The second-order valence-electron chi connectivity index (χ2n) is 7.62. The molecule has 1 amide bonds. The number of benzene rings is 1. The van der Waals surface area contributed by atoms with Crippen molar-refractivity contribution in [3.8, 4) is 11.5 Å². The number of rotatable bonds is 2. The van der Waals surface area contributed by atoms with Crippen LogP contribution in [0.15, 0.2) is 23.0 Å². The number of piperidine rings is 1. The third-order valence-electron chi connectivity index (χ3n) is 5.74. The Morgan fingerprint density at radius 1 is 1.21 bits per heavy atom. The van der Waals surface area contributed by atoms with E-state index in [1.807, 2.05) is 24.0 Å². The highest BCUT2D eigenvalue weighted by atomic mass is 16.7. The number of carbonyl (C=O) groups is 1. The fourth-order valence-electron chi connectivity index (χ4n) is 4.22. The highest BCUT2D eigenvalue weighted by Gasteiger charge is 2.25. The van der Waals surface area contributed by atoms with Crippen molar-refractivity contribution in [1.82, 2.24) is 19.1 Å². The van der Waals surface area contributed by atoms with Gasteiger partial charge in [0.15, 0.2) is 17.1 Å². The Kier molecular flexibility index (Phi) is 3.82. The van der Waals surface area contributed by atoms with Crippen LogP contribution in [0.5, 0.6) is 11.5 Å². The molecule has 8 nitrogen and oxygen atoms in total. The number of likely N-dealkylation sites (tertiary alicyclic amines) is 1. The molecule has 8 heteroatoms. The van der Waals surface area contributed by atoms with E-state index in [1.165, 1.54) is 4.68 Å². The summed E-state index contributed by atoms with van der Waals surface area (Å²) in [5.74, 6) is 1.22. The van der Waals surface area contributed by atoms with Gasteiger partial charge in [0.1, 0.15) is 6.54 Å². The maximum atomic E-state index is 13.1. The maximum absolute atomic E-state index is 13.1. The zero-order valence-corrected chi connectivity index (χ0v) is 16.0. The van der Waals surface area contributed by atoms with Crippen molar-refractivity contribution in [2.45, 2.75) is 45.7 Å². The molecule has 0 aliphatic carbocycles. The molecule has 0 spiro atoms.